The highest BCUT2D eigenvalue weighted by molar-refractivity contribution is 5.88. The number of anilines is 3. The second-order valence-corrected chi connectivity index (χ2v) is 17.0. The molecule has 0 saturated carbocycles. The summed E-state index contributed by atoms with van der Waals surface area (Å²) in [5.41, 5.74) is 40.2. The van der Waals surface area contributed by atoms with Gasteiger partial charge in [-0.1, -0.05) is 57.8 Å². The van der Waals surface area contributed by atoms with Crippen molar-refractivity contribution in [1.82, 2.24) is 28.7 Å². The lowest BCUT2D eigenvalue weighted by Gasteiger charge is -2.16. The molecule has 35 nitrogen and oxygen atoms in total. The predicted octanol–water partition coefficient (Wildman–Crippen LogP) is 2.21. The van der Waals surface area contributed by atoms with Gasteiger partial charge in [0.2, 0.25) is 5.91 Å². The number of carbonyl (C=O) groups excluding carboxylic acids is 1. The van der Waals surface area contributed by atoms with E-state index in [0.717, 1.165) is 9.13 Å². The number of halogens is 6. The number of nitrogens with two attached hydrogens (primary N) is 3. The van der Waals surface area contributed by atoms with Crippen LogP contribution < -0.4 is 39.6 Å². The van der Waals surface area contributed by atoms with Crippen LogP contribution in [0.25, 0.3) is 31.3 Å². The molecule has 3 aliphatic rings. The van der Waals surface area contributed by atoms with Gasteiger partial charge in [0.1, 0.15) is 75.8 Å². The summed E-state index contributed by atoms with van der Waals surface area (Å²) >= 11 is 0. The van der Waals surface area contributed by atoms with Crippen LogP contribution >= 0.6 is 0 Å². The molecule has 0 aromatic carbocycles. The van der Waals surface area contributed by atoms with Crippen molar-refractivity contribution in [2.24, 2.45) is 31.1 Å². The van der Waals surface area contributed by atoms with E-state index < -0.39 is 92.0 Å². The highest BCUT2D eigenvalue weighted by atomic mass is 19.4. The molecule has 1 amide bonds. The predicted molar refractivity (Wildman–Crippen MR) is 286 cm³/mol. The number of alkyl halides is 6. The van der Waals surface area contributed by atoms with Crippen LogP contribution in [0.15, 0.2) is 58.3 Å². The summed E-state index contributed by atoms with van der Waals surface area (Å²) in [6, 6.07) is 0. The van der Waals surface area contributed by atoms with E-state index in [0.29, 0.717) is 18.4 Å². The van der Waals surface area contributed by atoms with Gasteiger partial charge in [-0.05, 0) is 23.0 Å². The van der Waals surface area contributed by atoms with Gasteiger partial charge in [0.05, 0.1) is 60.9 Å². The number of amides is 1. The lowest BCUT2D eigenvalue weighted by Crippen LogP contribution is -2.29. The van der Waals surface area contributed by atoms with Crippen molar-refractivity contribution in [3.05, 3.63) is 98.1 Å². The largest absolute Gasteiger partial charge is 0.573 e. The standard InChI is InChI=1S/C17H18F3N7O6.C15H16F3N7O5.C14H19N7O3/c1-10(29)24-15-11(3-2-4-22-8-32-17(18,19)20)6-27(16(30)25-15)14-5-12(13(7-28)33-14)31-9-23-26-21;16-15(17,18)29-7-21-3-1-2-9-5-25(14(27)23-13(9)19)12-4-10(11(6-26)30-12)28-8-22-24-20;1-2-10-11(23-8-18-20-17)6-12(24-10)21-7-9(4-3-5-15)13(16)19-14(21)22/h6,8,12-14,28H,4-5,7,9H2,1H3,(H,24,25,29,30);5,7,10-12,26H,3-4,6,8H2,(H2,19,23,27);7,10-12H,2,5-6,8,15H2,1H3,(H2,16,19,22). The monoisotopic (exact) mass is 1240 g/mol. The van der Waals surface area contributed by atoms with Gasteiger partial charge in [0.15, 0.2) is 18.6 Å². The van der Waals surface area contributed by atoms with Gasteiger partial charge >= 0.3 is 29.8 Å². The maximum absolute atomic E-state index is 12.5. The molecule has 0 radical (unpaired) electrons. The van der Waals surface area contributed by atoms with Gasteiger partial charge < -0.3 is 70.6 Å². The number of rotatable bonds is 20. The molecule has 3 aliphatic heterocycles. The summed E-state index contributed by atoms with van der Waals surface area (Å²) in [5, 5.41) is 31.1. The summed E-state index contributed by atoms with van der Waals surface area (Å²) in [5.74, 6) is 14.6. The number of aliphatic hydroxyl groups excluding tert-OH is 2. The molecule has 41 heteroatoms. The minimum atomic E-state index is -4.87. The Bertz CT molecular complexity index is 3420. The van der Waals surface area contributed by atoms with E-state index in [1.807, 2.05) is 6.92 Å². The fourth-order valence-corrected chi connectivity index (χ4v) is 7.67. The van der Waals surface area contributed by atoms with E-state index in [2.05, 4.69) is 105 Å². The molecule has 3 fully saturated rings. The molecule has 9 unspecified atom stereocenters. The highest BCUT2D eigenvalue weighted by Gasteiger charge is 2.40. The van der Waals surface area contributed by atoms with Crippen molar-refractivity contribution in [2.75, 3.05) is 69.8 Å². The SMILES string of the molecule is CC(=O)Nc1nc(=O)n(C2CC(OCN=[N+]=[N-])C(CO)O2)cc1C#CCN=COC(F)(F)F.CCC1OC(n2cc(C#CCN)c(N)nc2=O)CC1OCN=[N+]=[N-].[N-]=[N+]=NCOC1CC(n2cc(C#CCN=COC(F)(F)F)c(N)nc2=O)OC1CO. The first-order chi connectivity index (χ1) is 41.5. The van der Waals surface area contributed by atoms with Crippen LogP contribution in [0.2, 0.25) is 0 Å². The molecule has 6 heterocycles. The number of hydrogen-bond donors (Lipinski definition) is 6. The normalized spacial score (nSPS) is 21.1. The summed E-state index contributed by atoms with van der Waals surface area (Å²) in [7, 11) is 0. The van der Waals surface area contributed by atoms with Crippen LogP contribution in [0.1, 0.15) is 74.9 Å². The first-order valence-electron chi connectivity index (χ1n) is 24.9. The Morgan fingerprint density at radius 3 is 1.41 bits per heavy atom. The van der Waals surface area contributed by atoms with E-state index in [1.54, 1.807) is 0 Å². The van der Waals surface area contributed by atoms with Crippen molar-refractivity contribution in [3.63, 3.8) is 0 Å². The molecule has 468 valence electrons. The van der Waals surface area contributed by atoms with Crippen molar-refractivity contribution >= 4 is 36.2 Å². The number of carbonyl (C=O) groups is 1. The second-order valence-electron chi connectivity index (χ2n) is 17.0. The molecule has 6 rings (SSSR count). The van der Waals surface area contributed by atoms with Crippen molar-refractivity contribution in [3.8, 4) is 35.5 Å². The van der Waals surface area contributed by atoms with Gasteiger partial charge in [-0.25, -0.2) is 24.4 Å². The molecule has 3 saturated heterocycles. The molecule has 0 aliphatic carbocycles. The van der Waals surface area contributed by atoms with Crippen LogP contribution in [0.3, 0.4) is 0 Å². The molecule has 9 atom stereocenters. The Morgan fingerprint density at radius 2 is 1.05 bits per heavy atom. The van der Waals surface area contributed by atoms with Gasteiger partial charge in [0, 0.05) is 59.5 Å². The molecular formula is C46H53F6N21O14. The number of nitrogen functional groups attached to an aromatic ring is 2. The number of hydrogen-bond acceptors (Lipinski definition) is 25. The zero-order chi connectivity index (χ0) is 64.1. The molecule has 9 N–H and O–H groups in total. The van der Waals surface area contributed by atoms with Crippen LogP contribution in [0.5, 0.6) is 0 Å². The summed E-state index contributed by atoms with van der Waals surface area (Å²) in [6.45, 7) is 1.08. The number of azide groups is 3. The molecule has 87 heavy (non-hydrogen) atoms. The minimum absolute atomic E-state index is 0.0541. The number of aliphatic imine (C=N–C) groups is 2. The van der Waals surface area contributed by atoms with Crippen LogP contribution in [-0.2, 0) is 42.7 Å². The average Bonchev–Trinajstić information content (AvgIpc) is 2.18. The van der Waals surface area contributed by atoms with Crippen LogP contribution in [0, 0.1) is 35.5 Å². The minimum Gasteiger partial charge on any atom is -0.395 e. The maximum atomic E-state index is 12.5. The smallest absolute Gasteiger partial charge is 0.395 e. The van der Waals surface area contributed by atoms with Crippen LogP contribution in [-0.4, -0.2) is 160 Å². The molecule has 3 aromatic heterocycles. The van der Waals surface area contributed by atoms with Crippen molar-refractivity contribution in [1.29, 1.82) is 0 Å². The van der Waals surface area contributed by atoms with Gasteiger partial charge in [-0.2, -0.15) is 15.0 Å². The van der Waals surface area contributed by atoms with E-state index in [4.69, 9.17) is 62.2 Å². The zero-order valence-corrected chi connectivity index (χ0v) is 45.5. The molecule has 3 aromatic rings. The van der Waals surface area contributed by atoms with Crippen molar-refractivity contribution < 1.29 is 79.2 Å². The Labute approximate surface area is 485 Å². The summed E-state index contributed by atoms with van der Waals surface area (Å²) in [6.07, 6.45) is -9.69. The Hall–Kier alpha value is -9.52. The van der Waals surface area contributed by atoms with Crippen LogP contribution in [0.4, 0.5) is 43.8 Å². The van der Waals surface area contributed by atoms with E-state index in [-0.39, 0.29) is 106 Å². The van der Waals surface area contributed by atoms with Gasteiger partial charge in [-0.15, -0.1) is 26.3 Å². The Kier molecular flexibility index (Phi) is 28.2. The first-order valence-corrected chi connectivity index (χ1v) is 24.9. The number of nitrogens with zero attached hydrogens (tertiary/aromatic N) is 17. The lowest BCUT2D eigenvalue weighted by molar-refractivity contribution is -0.281. The highest BCUT2D eigenvalue weighted by Crippen LogP contribution is 2.33. The second kappa shape index (κ2) is 35.1. The fraction of sp³-hybridized carbons (Fsp3) is 0.543. The first kappa shape index (κ1) is 70.0. The third-order valence-electron chi connectivity index (χ3n) is 11.3. The topological polar surface area (TPSA) is 497 Å². The Morgan fingerprint density at radius 1 is 0.678 bits per heavy atom. The van der Waals surface area contributed by atoms with Gasteiger partial charge in [-0.3, -0.25) is 18.5 Å². The zero-order valence-electron chi connectivity index (χ0n) is 45.5. The maximum Gasteiger partial charge on any atom is 0.573 e. The number of aromatic nitrogens is 6. The van der Waals surface area contributed by atoms with E-state index >= 15 is 0 Å². The fourth-order valence-electron chi connectivity index (χ4n) is 7.67. The van der Waals surface area contributed by atoms with Gasteiger partial charge in [0.25, 0.3) is 0 Å². The molecule has 0 bridgehead atoms. The third-order valence-corrected chi connectivity index (χ3v) is 11.3. The lowest BCUT2D eigenvalue weighted by atomic mass is 10.1. The molecular weight excluding hydrogens is 1180 g/mol. The summed E-state index contributed by atoms with van der Waals surface area (Å²) in [4.78, 5) is 73.8. The number of aliphatic hydroxyl groups is 2. The average molecular weight is 1240 g/mol. The summed E-state index contributed by atoms with van der Waals surface area (Å²) < 4.78 is 115. The Balaban J connectivity index is 0.000000283. The van der Waals surface area contributed by atoms with Crippen molar-refractivity contribution in [2.45, 2.75) is 108 Å². The van der Waals surface area contributed by atoms with E-state index in [1.165, 1.54) is 30.1 Å². The number of nitrogens with one attached hydrogen (secondary N) is 1. The third kappa shape index (κ3) is 23.1. The van der Waals surface area contributed by atoms with E-state index in [9.17, 15) is 55.7 Å². The number of ether oxygens (including phenoxy) is 8. The molecule has 0 spiro atoms. The quantitative estimate of drug-likeness (QED) is 0.0180.